The van der Waals surface area contributed by atoms with E-state index in [-0.39, 0.29) is 12.2 Å². The van der Waals surface area contributed by atoms with E-state index in [1.165, 1.54) is 23.4 Å². The van der Waals surface area contributed by atoms with Crippen molar-refractivity contribution in [2.75, 3.05) is 37.9 Å². The minimum atomic E-state index is -3.21. The van der Waals surface area contributed by atoms with Gasteiger partial charge < -0.3 is 19.5 Å². The van der Waals surface area contributed by atoms with E-state index in [4.69, 9.17) is 19.2 Å². The van der Waals surface area contributed by atoms with Gasteiger partial charge >= 0.3 is 0 Å². The molecule has 190 valence electrons. The predicted molar refractivity (Wildman–Crippen MR) is 133 cm³/mol. The van der Waals surface area contributed by atoms with Crippen molar-refractivity contribution in [3.63, 3.8) is 0 Å². The molecule has 3 aliphatic rings. The normalized spacial score (nSPS) is 25.7. The minimum Gasteiger partial charge on any atom is -0.488 e. The summed E-state index contributed by atoms with van der Waals surface area (Å²) in [6.07, 6.45) is 8.34. The number of hydrogen-bond acceptors (Lipinski definition) is 8. The SMILES string of the molecule is CC1CCC(Nc2ncc(-c3ccc(OC4CCOC4)cc3)c(OC3CN(S(C)(=O)=O)C3)n2)CC1. The third-order valence-electron chi connectivity index (χ3n) is 7.02. The molecule has 10 heteroatoms. The van der Waals surface area contributed by atoms with Crippen LogP contribution in [0.5, 0.6) is 11.6 Å². The molecular formula is C25H34N4O5S. The fourth-order valence-corrected chi connectivity index (χ4v) is 5.60. The maximum atomic E-state index is 11.8. The lowest BCUT2D eigenvalue weighted by Gasteiger charge is -2.36. The lowest BCUT2D eigenvalue weighted by atomic mass is 9.87. The van der Waals surface area contributed by atoms with Crippen LogP contribution in [0.1, 0.15) is 39.0 Å². The fraction of sp³-hybridized carbons (Fsp3) is 0.600. The van der Waals surface area contributed by atoms with Crippen molar-refractivity contribution in [1.82, 2.24) is 14.3 Å². The molecule has 0 radical (unpaired) electrons. The zero-order chi connectivity index (χ0) is 24.4. The zero-order valence-corrected chi connectivity index (χ0v) is 21.2. The number of benzene rings is 1. The number of hydrogen-bond donors (Lipinski definition) is 1. The lowest BCUT2D eigenvalue weighted by Crippen LogP contribution is -2.55. The Hall–Kier alpha value is -2.43. The van der Waals surface area contributed by atoms with Gasteiger partial charge in [0.25, 0.3) is 0 Å². The third kappa shape index (κ3) is 6.05. The highest BCUT2D eigenvalue weighted by molar-refractivity contribution is 7.88. The van der Waals surface area contributed by atoms with E-state index in [1.54, 1.807) is 6.20 Å². The minimum absolute atomic E-state index is 0.0904. The molecule has 2 saturated heterocycles. The summed E-state index contributed by atoms with van der Waals surface area (Å²) in [5.74, 6) is 2.56. The van der Waals surface area contributed by atoms with Crippen LogP contribution < -0.4 is 14.8 Å². The average Bonchev–Trinajstić information content (AvgIpc) is 3.31. The quantitative estimate of drug-likeness (QED) is 0.586. The highest BCUT2D eigenvalue weighted by Gasteiger charge is 2.35. The summed E-state index contributed by atoms with van der Waals surface area (Å²) in [4.78, 5) is 9.30. The van der Waals surface area contributed by atoms with Crippen LogP contribution in [0, 0.1) is 5.92 Å². The number of anilines is 1. The largest absolute Gasteiger partial charge is 0.488 e. The smallest absolute Gasteiger partial charge is 0.226 e. The monoisotopic (exact) mass is 502 g/mol. The van der Waals surface area contributed by atoms with Gasteiger partial charge in [-0.1, -0.05) is 19.1 Å². The molecule has 2 aliphatic heterocycles. The van der Waals surface area contributed by atoms with E-state index >= 15 is 0 Å². The molecule has 2 aromatic rings. The van der Waals surface area contributed by atoms with Crippen LogP contribution in [-0.2, 0) is 14.8 Å². The van der Waals surface area contributed by atoms with E-state index in [2.05, 4.69) is 17.2 Å². The number of nitrogens with zero attached hydrogens (tertiary/aromatic N) is 3. The van der Waals surface area contributed by atoms with Crippen molar-refractivity contribution in [3.05, 3.63) is 30.5 Å². The number of ether oxygens (including phenoxy) is 3. The van der Waals surface area contributed by atoms with E-state index in [0.717, 1.165) is 48.7 Å². The van der Waals surface area contributed by atoms with Crippen molar-refractivity contribution in [2.24, 2.45) is 5.92 Å². The molecule has 1 N–H and O–H groups in total. The summed E-state index contributed by atoms with van der Waals surface area (Å²) in [5, 5.41) is 3.47. The van der Waals surface area contributed by atoms with E-state index in [0.29, 0.717) is 37.6 Å². The van der Waals surface area contributed by atoms with Crippen molar-refractivity contribution in [3.8, 4) is 22.8 Å². The molecule has 0 bridgehead atoms. The molecule has 35 heavy (non-hydrogen) atoms. The van der Waals surface area contributed by atoms with Crippen LogP contribution >= 0.6 is 0 Å². The topological polar surface area (TPSA) is 103 Å². The van der Waals surface area contributed by atoms with Crippen molar-refractivity contribution in [1.29, 1.82) is 0 Å². The molecule has 0 spiro atoms. The summed E-state index contributed by atoms with van der Waals surface area (Å²) in [5.41, 5.74) is 1.67. The van der Waals surface area contributed by atoms with Crippen LogP contribution in [-0.4, -0.2) is 73.5 Å². The Morgan fingerprint density at radius 3 is 2.43 bits per heavy atom. The first-order valence-electron chi connectivity index (χ1n) is 12.4. The second kappa shape index (κ2) is 10.3. The van der Waals surface area contributed by atoms with Crippen LogP contribution in [0.4, 0.5) is 5.95 Å². The van der Waals surface area contributed by atoms with Gasteiger partial charge in [0, 0.05) is 18.7 Å². The highest BCUT2D eigenvalue weighted by atomic mass is 32.2. The van der Waals surface area contributed by atoms with Crippen molar-refractivity contribution in [2.45, 2.75) is 57.3 Å². The Kier molecular flexibility index (Phi) is 7.13. The molecule has 1 aromatic heterocycles. The van der Waals surface area contributed by atoms with Crippen LogP contribution in [0.2, 0.25) is 0 Å². The fourth-order valence-electron chi connectivity index (χ4n) is 4.73. The highest BCUT2D eigenvalue weighted by Crippen LogP contribution is 2.33. The number of aromatic nitrogens is 2. The maximum absolute atomic E-state index is 11.8. The maximum Gasteiger partial charge on any atom is 0.226 e. The predicted octanol–water partition coefficient (Wildman–Crippen LogP) is 3.32. The van der Waals surface area contributed by atoms with Gasteiger partial charge in [0.15, 0.2) is 0 Å². The van der Waals surface area contributed by atoms with Crippen LogP contribution in [0.15, 0.2) is 30.5 Å². The standard InChI is InChI=1S/C25H34N4O5S/c1-17-3-7-19(8-4-17)27-25-26-13-23(24(28-25)34-22-14-29(15-22)35(2,30)31)18-5-9-20(10-6-18)33-21-11-12-32-16-21/h5-6,9-10,13,17,19,21-22H,3-4,7-8,11-12,14-16H2,1-2H3,(H,26,27,28). The Morgan fingerprint density at radius 1 is 1.03 bits per heavy atom. The Bertz CT molecular complexity index is 1110. The molecular weight excluding hydrogens is 468 g/mol. The molecule has 1 unspecified atom stereocenters. The van der Waals surface area contributed by atoms with Gasteiger partial charge in [0.1, 0.15) is 18.0 Å². The summed E-state index contributed by atoms with van der Waals surface area (Å²) in [7, 11) is -3.21. The lowest BCUT2D eigenvalue weighted by molar-refractivity contribution is 0.0731. The Labute approximate surface area is 207 Å². The summed E-state index contributed by atoms with van der Waals surface area (Å²) in [6.45, 7) is 4.29. The second-order valence-electron chi connectivity index (χ2n) is 9.96. The summed E-state index contributed by atoms with van der Waals surface area (Å²) >= 11 is 0. The number of rotatable bonds is 8. The van der Waals surface area contributed by atoms with E-state index in [1.807, 2.05) is 24.3 Å². The second-order valence-corrected chi connectivity index (χ2v) is 11.9. The van der Waals surface area contributed by atoms with Crippen molar-refractivity contribution < 1.29 is 22.6 Å². The van der Waals surface area contributed by atoms with Crippen molar-refractivity contribution >= 4 is 16.0 Å². The van der Waals surface area contributed by atoms with E-state index < -0.39 is 10.0 Å². The molecule has 9 nitrogen and oxygen atoms in total. The van der Waals surface area contributed by atoms with Gasteiger partial charge in [-0.2, -0.15) is 9.29 Å². The molecule has 5 rings (SSSR count). The first-order chi connectivity index (χ1) is 16.8. The zero-order valence-electron chi connectivity index (χ0n) is 20.4. The van der Waals surface area contributed by atoms with Gasteiger partial charge in [-0.3, -0.25) is 0 Å². The van der Waals surface area contributed by atoms with E-state index in [9.17, 15) is 8.42 Å². The summed E-state index contributed by atoms with van der Waals surface area (Å²) < 4.78 is 42.5. The van der Waals surface area contributed by atoms with Gasteiger partial charge in [0.2, 0.25) is 21.9 Å². The van der Waals surface area contributed by atoms with Crippen LogP contribution in [0.25, 0.3) is 11.1 Å². The van der Waals surface area contributed by atoms with Crippen LogP contribution in [0.3, 0.4) is 0 Å². The van der Waals surface area contributed by atoms with Gasteiger partial charge in [-0.25, -0.2) is 13.4 Å². The Balaban J connectivity index is 1.33. The summed E-state index contributed by atoms with van der Waals surface area (Å²) in [6, 6.07) is 8.15. The number of sulfonamides is 1. The molecule has 0 amide bonds. The van der Waals surface area contributed by atoms with Gasteiger partial charge in [-0.15, -0.1) is 0 Å². The Morgan fingerprint density at radius 2 is 1.77 bits per heavy atom. The van der Waals surface area contributed by atoms with Gasteiger partial charge in [-0.05, 0) is 49.3 Å². The third-order valence-corrected chi connectivity index (χ3v) is 8.26. The molecule has 3 fully saturated rings. The molecule has 1 atom stereocenters. The van der Waals surface area contributed by atoms with Gasteiger partial charge in [0.05, 0.1) is 38.1 Å². The first-order valence-corrected chi connectivity index (χ1v) is 14.3. The average molecular weight is 503 g/mol. The molecule has 1 saturated carbocycles. The first kappa shape index (κ1) is 24.3. The molecule has 3 heterocycles. The molecule has 1 aliphatic carbocycles. The molecule has 1 aromatic carbocycles. The number of nitrogens with one attached hydrogen (secondary N) is 1.